The van der Waals surface area contributed by atoms with E-state index in [0.29, 0.717) is 12.0 Å². The van der Waals surface area contributed by atoms with Gasteiger partial charge < -0.3 is 10.1 Å². The second kappa shape index (κ2) is 8.46. The lowest BCUT2D eigenvalue weighted by Gasteiger charge is -2.37. The Balaban J connectivity index is 1.29. The highest BCUT2D eigenvalue weighted by Crippen LogP contribution is 2.41. The van der Waals surface area contributed by atoms with Gasteiger partial charge in [0.05, 0.1) is 17.7 Å². The SMILES string of the molecule is COc1ccccc1C1CC(NCc2cn(-c3ccccc3)nc2-c2cccs2)C1. The molecular formula is C25H25N3OS. The van der Waals surface area contributed by atoms with Crippen molar-refractivity contribution in [3.8, 4) is 22.0 Å². The zero-order valence-corrected chi connectivity index (χ0v) is 17.8. The number of nitrogens with zero attached hydrogens (tertiary/aromatic N) is 2. The summed E-state index contributed by atoms with van der Waals surface area (Å²) in [5.41, 5.74) is 4.72. The van der Waals surface area contributed by atoms with E-state index in [0.717, 1.165) is 36.5 Å². The Morgan fingerprint density at radius 1 is 1.03 bits per heavy atom. The Bertz CT molecular complexity index is 1100. The number of thiophene rings is 1. The fourth-order valence-corrected chi connectivity index (χ4v) is 4.91. The fourth-order valence-electron chi connectivity index (χ4n) is 4.17. The summed E-state index contributed by atoms with van der Waals surface area (Å²) in [5.74, 6) is 1.58. The summed E-state index contributed by atoms with van der Waals surface area (Å²) in [7, 11) is 1.75. The number of hydrogen-bond donors (Lipinski definition) is 1. The summed E-state index contributed by atoms with van der Waals surface area (Å²) < 4.78 is 7.53. The predicted octanol–water partition coefficient (Wildman–Crippen LogP) is 5.65. The van der Waals surface area contributed by atoms with Crippen molar-refractivity contribution in [2.75, 3.05) is 7.11 Å². The van der Waals surface area contributed by atoms with Crippen LogP contribution < -0.4 is 10.1 Å². The quantitative estimate of drug-likeness (QED) is 0.424. The van der Waals surface area contributed by atoms with Gasteiger partial charge in [-0.1, -0.05) is 42.5 Å². The molecule has 0 saturated heterocycles. The number of rotatable bonds is 7. The number of hydrogen-bond acceptors (Lipinski definition) is 4. The monoisotopic (exact) mass is 415 g/mol. The first-order valence-electron chi connectivity index (χ1n) is 10.4. The van der Waals surface area contributed by atoms with E-state index in [1.807, 2.05) is 28.9 Å². The van der Waals surface area contributed by atoms with Gasteiger partial charge in [0.25, 0.3) is 0 Å². The molecule has 0 bridgehead atoms. The molecule has 1 N–H and O–H groups in total. The summed E-state index contributed by atoms with van der Waals surface area (Å²) in [6, 6.07) is 23.4. The third-order valence-corrected chi connectivity index (χ3v) is 6.74. The second-order valence-electron chi connectivity index (χ2n) is 7.75. The average Bonchev–Trinajstić information content (AvgIpc) is 3.43. The lowest BCUT2D eigenvalue weighted by molar-refractivity contribution is 0.282. The average molecular weight is 416 g/mol. The van der Waals surface area contributed by atoms with E-state index < -0.39 is 0 Å². The van der Waals surface area contributed by atoms with Crippen molar-refractivity contribution in [2.45, 2.75) is 31.3 Å². The molecule has 0 spiro atoms. The molecule has 1 saturated carbocycles. The highest BCUT2D eigenvalue weighted by molar-refractivity contribution is 7.13. The third kappa shape index (κ3) is 3.78. The summed E-state index contributed by atoms with van der Waals surface area (Å²) in [4.78, 5) is 1.21. The molecule has 1 aliphatic carbocycles. The van der Waals surface area contributed by atoms with Gasteiger partial charge in [-0.3, -0.25) is 0 Å². The molecule has 1 aliphatic rings. The van der Waals surface area contributed by atoms with Crippen molar-refractivity contribution in [1.29, 1.82) is 0 Å². The number of para-hydroxylation sites is 2. The molecule has 152 valence electrons. The minimum absolute atomic E-state index is 0.524. The van der Waals surface area contributed by atoms with Crippen LogP contribution >= 0.6 is 11.3 Å². The van der Waals surface area contributed by atoms with Crippen LogP contribution in [0.2, 0.25) is 0 Å². The zero-order valence-electron chi connectivity index (χ0n) is 17.0. The molecule has 2 aromatic heterocycles. The number of methoxy groups -OCH3 is 1. The maximum Gasteiger partial charge on any atom is 0.122 e. The van der Waals surface area contributed by atoms with Gasteiger partial charge in [0, 0.05) is 24.3 Å². The van der Waals surface area contributed by atoms with Gasteiger partial charge in [0.15, 0.2) is 0 Å². The first-order valence-corrected chi connectivity index (χ1v) is 11.2. The molecule has 30 heavy (non-hydrogen) atoms. The molecule has 1 fully saturated rings. The Morgan fingerprint density at radius 3 is 2.60 bits per heavy atom. The fraction of sp³-hybridized carbons (Fsp3) is 0.240. The summed E-state index contributed by atoms with van der Waals surface area (Å²) >= 11 is 1.74. The van der Waals surface area contributed by atoms with Gasteiger partial charge >= 0.3 is 0 Å². The van der Waals surface area contributed by atoms with Crippen LogP contribution in [-0.4, -0.2) is 22.9 Å². The first kappa shape index (κ1) is 19.1. The smallest absolute Gasteiger partial charge is 0.122 e. The lowest BCUT2D eigenvalue weighted by Crippen LogP contribution is -2.39. The maximum atomic E-state index is 5.54. The van der Waals surface area contributed by atoms with Gasteiger partial charge in [-0.25, -0.2) is 4.68 Å². The molecule has 2 aromatic carbocycles. The molecule has 0 radical (unpaired) electrons. The van der Waals surface area contributed by atoms with Crippen LogP contribution in [0.3, 0.4) is 0 Å². The van der Waals surface area contributed by atoms with Crippen LogP contribution in [0.4, 0.5) is 0 Å². The largest absolute Gasteiger partial charge is 0.496 e. The second-order valence-corrected chi connectivity index (χ2v) is 8.70. The number of aromatic nitrogens is 2. The molecule has 5 heteroatoms. The predicted molar refractivity (Wildman–Crippen MR) is 122 cm³/mol. The van der Waals surface area contributed by atoms with Crippen molar-refractivity contribution in [3.05, 3.63) is 89.4 Å². The lowest BCUT2D eigenvalue weighted by atomic mass is 9.75. The summed E-state index contributed by atoms with van der Waals surface area (Å²) in [6.07, 6.45) is 4.44. The van der Waals surface area contributed by atoms with Gasteiger partial charge in [0.2, 0.25) is 0 Å². The topological polar surface area (TPSA) is 39.1 Å². The van der Waals surface area contributed by atoms with Crippen LogP contribution in [0.15, 0.2) is 78.3 Å². The van der Waals surface area contributed by atoms with Crippen LogP contribution in [0.5, 0.6) is 5.75 Å². The van der Waals surface area contributed by atoms with Crippen LogP contribution in [0.25, 0.3) is 16.3 Å². The Labute approximate surface area is 181 Å². The van der Waals surface area contributed by atoms with Gasteiger partial charge in [-0.2, -0.15) is 5.10 Å². The van der Waals surface area contributed by atoms with E-state index in [1.165, 1.54) is 16.0 Å². The Kier molecular flexibility index (Phi) is 5.39. The van der Waals surface area contributed by atoms with E-state index in [-0.39, 0.29) is 0 Å². The number of benzene rings is 2. The van der Waals surface area contributed by atoms with Crippen LogP contribution in [0, 0.1) is 0 Å². The van der Waals surface area contributed by atoms with E-state index in [4.69, 9.17) is 9.84 Å². The highest BCUT2D eigenvalue weighted by Gasteiger charge is 2.31. The molecule has 0 unspecified atom stereocenters. The third-order valence-electron chi connectivity index (χ3n) is 5.86. The number of ether oxygens (including phenoxy) is 1. The van der Waals surface area contributed by atoms with E-state index in [1.54, 1.807) is 18.4 Å². The normalized spacial score (nSPS) is 18.2. The minimum atomic E-state index is 0.524. The molecule has 2 heterocycles. The van der Waals surface area contributed by atoms with Crippen molar-refractivity contribution in [1.82, 2.24) is 15.1 Å². The Morgan fingerprint density at radius 2 is 1.83 bits per heavy atom. The first-order chi connectivity index (χ1) is 14.8. The summed E-state index contributed by atoms with van der Waals surface area (Å²) in [6.45, 7) is 0.823. The van der Waals surface area contributed by atoms with E-state index in [9.17, 15) is 0 Å². The molecule has 0 atom stereocenters. The molecule has 0 amide bonds. The molecule has 4 aromatic rings. The Hall–Kier alpha value is -2.89. The maximum absolute atomic E-state index is 5.54. The van der Waals surface area contributed by atoms with Gasteiger partial charge in [-0.05, 0) is 54.0 Å². The molecule has 4 nitrogen and oxygen atoms in total. The summed E-state index contributed by atoms with van der Waals surface area (Å²) in [5, 5.41) is 10.8. The molecule has 0 aliphatic heterocycles. The van der Waals surface area contributed by atoms with Crippen LogP contribution in [0.1, 0.15) is 29.9 Å². The van der Waals surface area contributed by atoms with E-state index >= 15 is 0 Å². The van der Waals surface area contributed by atoms with Gasteiger partial charge in [0.1, 0.15) is 11.4 Å². The van der Waals surface area contributed by atoms with Crippen molar-refractivity contribution in [3.63, 3.8) is 0 Å². The highest BCUT2D eigenvalue weighted by atomic mass is 32.1. The molecular weight excluding hydrogens is 390 g/mol. The van der Waals surface area contributed by atoms with Crippen molar-refractivity contribution in [2.24, 2.45) is 0 Å². The minimum Gasteiger partial charge on any atom is -0.496 e. The van der Waals surface area contributed by atoms with Crippen molar-refractivity contribution < 1.29 is 4.74 Å². The van der Waals surface area contributed by atoms with Crippen LogP contribution in [-0.2, 0) is 6.54 Å². The van der Waals surface area contributed by atoms with Crippen molar-refractivity contribution >= 4 is 11.3 Å². The zero-order chi connectivity index (χ0) is 20.3. The standard InChI is InChI=1S/C25H25N3OS/c1-29-23-11-6-5-10-22(23)18-14-20(15-18)26-16-19-17-28(21-8-3-2-4-9-21)27-25(19)24-12-7-13-30-24/h2-13,17-18,20,26H,14-16H2,1H3. The van der Waals surface area contributed by atoms with E-state index in [2.05, 4.69) is 59.4 Å². The molecule has 5 rings (SSSR count). The number of nitrogens with one attached hydrogen (secondary N) is 1. The van der Waals surface area contributed by atoms with Gasteiger partial charge in [-0.15, -0.1) is 11.3 Å².